The molecule has 2 aliphatic heterocycles. The van der Waals surface area contributed by atoms with Crippen molar-refractivity contribution in [2.75, 3.05) is 26.2 Å². The van der Waals surface area contributed by atoms with Crippen molar-refractivity contribution in [3.8, 4) is 0 Å². The molecule has 2 fully saturated rings. The minimum Gasteiger partial charge on any atom is -0.459 e. The monoisotopic (exact) mass is 298 g/mol. The predicted octanol–water partition coefficient (Wildman–Crippen LogP) is 1.46. The molecule has 2 heterocycles. The molecule has 0 aromatic rings. The first-order chi connectivity index (χ1) is 9.94. The molecule has 0 amide bonds. The maximum absolute atomic E-state index is 12.1. The number of nitrogens with one attached hydrogen (secondary N) is 2. The normalized spacial score (nSPS) is 28.3. The van der Waals surface area contributed by atoms with E-state index in [-0.39, 0.29) is 12.0 Å². The van der Waals surface area contributed by atoms with Gasteiger partial charge >= 0.3 is 5.97 Å². The fourth-order valence-electron chi connectivity index (χ4n) is 2.93. The summed E-state index contributed by atoms with van der Waals surface area (Å²) in [5.41, 5.74) is -0.419. The summed E-state index contributed by atoms with van der Waals surface area (Å²) in [7, 11) is 0. The summed E-state index contributed by atoms with van der Waals surface area (Å²) in [6.45, 7) is 9.47. The van der Waals surface area contributed by atoms with Gasteiger partial charge in [0, 0.05) is 6.61 Å². The molecule has 2 saturated heterocycles. The SMILES string of the molecule is CC(C)(C)OC(=O)C1CC(COC2CCNCC2)CCN1. The number of piperidine rings is 2. The third kappa shape index (κ3) is 5.93. The van der Waals surface area contributed by atoms with Crippen molar-refractivity contribution in [1.82, 2.24) is 10.6 Å². The van der Waals surface area contributed by atoms with Crippen LogP contribution in [-0.2, 0) is 14.3 Å². The molecular formula is C16H30N2O3. The fourth-order valence-corrected chi connectivity index (χ4v) is 2.93. The topological polar surface area (TPSA) is 59.6 Å². The molecule has 122 valence electrons. The molecule has 21 heavy (non-hydrogen) atoms. The Balaban J connectivity index is 1.73. The summed E-state index contributed by atoms with van der Waals surface area (Å²) >= 11 is 0. The molecular weight excluding hydrogens is 268 g/mol. The highest BCUT2D eigenvalue weighted by Crippen LogP contribution is 2.21. The van der Waals surface area contributed by atoms with E-state index >= 15 is 0 Å². The summed E-state index contributed by atoms with van der Waals surface area (Å²) in [6.07, 6.45) is 4.48. The molecule has 0 aliphatic carbocycles. The van der Waals surface area contributed by atoms with Crippen LogP contribution in [0.5, 0.6) is 0 Å². The van der Waals surface area contributed by atoms with Crippen LogP contribution in [0.15, 0.2) is 0 Å². The van der Waals surface area contributed by atoms with Crippen molar-refractivity contribution in [2.24, 2.45) is 5.92 Å². The molecule has 2 atom stereocenters. The second-order valence-electron chi connectivity index (χ2n) is 7.21. The van der Waals surface area contributed by atoms with E-state index in [2.05, 4.69) is 10.6 Å². The number of ether oxygens (including phenoxy) is 2. The van der Waals surface area contributed by atoms with Crippen LogP contribution in [-0.4, -0.2) is 50.0 Å². The highest BCUT2D eigenvalue weighted by atomic mass is 16.6. The van der Waals surface area contributed by atoms with Gasteiger partial charge in [0.2, 0.25) is 0 Å². The van der Waals surface area contributed by atoms with Gasteiger partial charge in [0.15, 0.2) is 0 Å². The molecule has 5 heteroatoms. The van der Waals surface area contributed by atoms with Crippen LogP contribution >= 0.6 is 0 Å². The van der Waals surface area contributed by atoms with Crippen LogP contribution < -0.4 is 10.6 Å². The van der Waals surface area contributed by atoms with Crippen molar-refractivity contribution in [2.45, 2.75) is 64.2 Å². The smallest absolute Gasteiger partial charge is 0.323 e. The van der Waals surface area contributed by atoms with Crippen LogP contribution in [0.2, 0.25) is 0 Å². The van der Waals surface area contributed by atoms with Crippen LogP contribution in [0.4, 0.5) is 0 Å². The summed E-state index contributed by atoms with van der Waals surface area (Å²) in [4.78, 5) is 12.1. The lowest BCUT2D eigenvalue weighted by atomic mass is 9.93. The summed E-state index contributed by atoms with van der Waals surface area (Å²) in [5, 5.41) is 6.61. The number of hydrogen-bond donors (Lipinski definition) is 2. The van der Waals surface area contributed by atoms with E-state index in [9.17, 15) is 4.79 Å². The second-order valence-corrected chi connectivity index (χ2v) is 7.21. The third-order valence-corrected chi connectivity index (χ3v) is 4.06. The van der Waals surface area contributed by atoms with E-state index in [1.807, 2.05) is 20.8 Å². The fraction of sp³-hybridized carbons (Fsp3) is 0.938. The molecule has 2 aliphatic rings. The maximum Gasteiger partial charge on any atom is 0.323 e. The van der Waals surface area contributed by atoms with Gasteiger partial charge in [0.25, 0.3) is 0 Å². The summed E-state index contributed by atoms with van der Waals surface area (Å²) < 4.78 is 11.5. The number of carbonyl (C=O) groups excluding carboxylic acids is 1. The summed E-state index contributed by atoms with van der Waals surface area (Å²) in [6, 6.07) is -0.181. The standard InChI is InChI=1S/C16H30N2O3/c1-16(2,3)21-15(19)14-10-12(4-9-18-14)11-20-13-5-7-17-8-6-13/h12-14,17-18H,4-11H2,1-3H3. The Morgan fingerprint density at radius 1 is 1.14 bits per heavy atom. The van der Waals surface area contributed by atoms with Gasteiger partial charge < -0.3 is 20.1 Å². The molecule has 0 bridgehead atoms. The molecule has 5 nitrogen and oxygen atoms in total. The Morgan fingerprint density at radius 2 is 1.86 bits per heavy atom. The lowest BCUT2D eigenvalue weighted by Crippen LogP contribution is -2.47. The largest absolute Gasteiger partial charge is 0.459 e. The van der Waals surface area contributed by atoms with Crippen LogP contribution in [0, 0.1) is 5.92 Å². The third-order valence-electron chi connectivity index (χ3n) is 4.06. The molecule has 0 saturated carbocycles. The Bertz CT molecular complexity index is 335. The van der Waals surface area contributed by atoms with Crippen molar-refractivity contribution < 1.29 is 14.3 Å². The zero-order valence-electron chi connectivity index (χ0n) is 13.6. The second kappa shape index (κ2) is 7.56. The molecule has 2 rings (SSSR count). The number of hydrogen-bond acceptors (Lipinski definition) is 5. The van der Waals surface area contributed by atoms with Crippen molar-refractivity contribution >= 4 is 5.97 Å². The van der Waals surface area contributed by atoms with E-state index < -0.39 is 5.60 Å². The van der Waals surface area contributed by atoms with Gasteiger partial charge in [-0.05, 0) is 72.0 Å². The maximum atomic E-state index is 12.1. The van der Waals surface area contributed by atoms with Gasteiger partial charge in [-0.2, -0.15) is 0 Å². The van der Waals surface area contributed by atoms with E-state index in [1.165, 1.54) is 0 Å². The van der Waals surface area contributed by atoms with Crippen LogP contribution in [0.25, 0.3) is 0 Å². The molecule has 0 aromatic heterocycles. The molecule has 0 radical (unpaired) electrons. The Labute approximate surface area is 128 Å². The Kier molecular flexibility index (Phi) is 6.02. The zero-order valence-corrected chi connectivity index (χ0v) is 13.6. The summed E-state index contributed by atoms with van der Waals surface area (Å²) in [5.74, 6) is 0.327. The Hall–Kier alpha value is -0.650. The molecule has 2 unspecified atom stereocenters. The minimum atomic E-state index is -0.419. The van der Waals surface area contributed by atoms with E-state index in [1.54, 1.807) is 0 Å². The molecule has 0 aromatic carbocycles. The highest BCUT2D eigenvalue weighted by molar-refractivity contribution is 5.76. The predicted molar refractivity (Wildman–Crippen MR) is 82.2 cm³/mol. The average Bonchev–Trinajstić information content (AvgIpc) is 2.45. The van der Waals surface area contributed by atoms with Gasteiger partial charge in [0.1, 0.15) is 11.6 Å². The first-order valence-corrected chi connectivity index (χ1v) is 8.22. The number of rotatable bonds is 4. The lowest BCUT2D eigenvalue weighted by Gasteiger charge is -2.32. The average molecular weight is 298 g/mol. The minimum absolute atomic E-state index is 0.130. The van der Waals surface area contributed by atoms with Gasteiger partial charge in [-0.15, -0.1) is 0 Å². The van der Waals surface area contributed by atoms with Gasteiger partial charge in [-0.25, -0.2) is 0 Å². The first-order valence-electron chi connectivity index (χ1n) is 8.22. The highest BCUT2D eigenvalue weighted by Gasteiger charge is 2.31. The Morgan fingerprint density at radius 3 is 2.52 bits per heavy atom. The van der Waals surface area contributed by atoms with Gasteiger partial charge in [0.05, 0.1) is 6.10 Å². The number of carbonyl (C=O) groups is 1. The van der Waals surface area contributed by atoms with E-state index in [4.69, 9.17) is 9.47 Å². The van der Waals surface area contributed by atoms with Crippen molar-refractivity contribution in [1.29, 1.82) is 0 Å². The number of esters is 1. The zero-order chi connectivity index (χ0) is 15.3. The van der Waals surface area contributed by atoms with Crippen LogP contribution in [0.1, 0.15) is 46.5 Å². The van der Waals surface area contributed by atoms with Crippen molar-refractivity contribution in [3.63, 3.8) is 0 Å². The molecule has 2 N–H and O–H groups in total. The van der Waals surface area contributed by atoms with Gasteiger partial charge in [-0.3, -0.25) is 4.79 Å². The molecule has 0 spiro atoms. The first kappa shape index (κ1) is 16.7. The lowest BCUT2D eigenvalue weighted by molar-refractivity contribution is -0.158. The van der Waals surface area contributed by atoms with E-state index in [0.29, 0.717) is 12.0 Å². The van der Waals surface area contributed by atoms with Gasteiger partial charge in [-0.1, -0.05) is 0 Å². The van der Waals surface area contributed by atoms with Crippen LogP contribution in [0.3, 0.4) is 0 Å². The quantitative estimate of drug-likeness (QED) is 0.770. The van der Waals surface area contributed by atoms with Crippen molar-refractivity contribution in [3.05, 3.63) is 0 Å². The van der Waals surface area contributed by atoms with E-state index in [0.717, 1.165) is 51.9 Å².